The lowest BCUT2D eigenvalue weighted by Gasteiger charge is -2.15. The molecule has 1 fully saturated rings. The molecule has 2 amide bonds. The third kappa shape index (κ3) is 3.28. The van der Waals surface area contributed by atoms with Crippen LogP contribution in [0.2, 0.25) is 0 Å². The topological polar surface area (TPSA) is 80.8 Å². The number of carbonyl (C=O) groups is 2. The smallest absolute Gasteiger partial charge is 0.248 e. The minimum absolute atomic E-state index is 0.0441. The third-order valence-electron chi connectivity index (χ3n) is 4.15. The summed E-state index contributed by atoms with van der Waals surface area (Å²) in [5.41, 5.74) is 0.722. The molecule has 1 saturated heterocycles. The molecule has 0 aromatic heterocycles. The number of likely N-dealkylation sites (tertiary alicyclic amines) is 1. The fraction of sp³-hybridized carbons (Fsp3) is 0.222. The summed E-state index contributed by atoms with van der Waals surface area (Å²) in [5.74, 6) is -0.498. The van der Waals surface area contributed by atoms with Crippen LogP contribution in [0, 0.1) is 0 Å². The standard InChI is InChI=1S/C18H17NO5S/c1-24-14-9-7-13(8-10-14)12-19-17(20)11-16(18(19)21)25(22,23)15-5-3-2-4-6-15/h2-10,16H,11-12H2,1H3. The molecule has 2 aromatic rings. The molecule has 6 nitrogen and oxygen atoms in total. The number of carbonyl (C=O) groups excluding carboxylic acids is 2. The van der Waals surface area contributed by atoms with Gasteiger partial charge in [0, 0.05) is 0 Å². The van der Waals surface area contributed by atoms with Crippen LogP contribution in [0.25, 0.3) is 0 Å². The van der Waals surface area contributed by atoms with Crippen molar-refractivity contribution in [3.05, 3.63) is 60.2 Å². The van der Waals surface area contributed by atoms with E-state index in [0.717, 1.165) is 10.5 Å². The molecule has 0 aliphatic carbocycles. The molecule has 1 aliphatic rings. The number of rotatable bonds is 5. The van der Waals surface area contributed by atoms with Crippen LogP contribution in [0.5, 0.6) is 5.75 Å². The van der Waals surface area contributed by atoms with Crippen molar-refractivity contribution in [2.45, 2.75) is 23.1 Å². The highest BCUT2D eigenvalue weighted by Gasteiger charge is 2.46. The van der Waals surface area contributed by atoms with E-state index in [0.29, 0.717) is 5.75 Å². The minimum Gasteiger partial charge on any atom is -0.497 e. The molecule has 2 aromatic carbocycles. The van der Waals surface area contributed by atoms with Crippen LogP contribution in [0.15, 0.2) is 59.5 Å². The molecule has 130 valence electrons. The van der Waals surface area contributed by atoms with Crippen molar-refractivity contribution in [3.8, 4) is 5.75 Å². The highest BCUT2D eigenvalue weighted by Crippen LogP contribution is 2.27. The zero-order valence-electron chi connectivity index (χ0n) is 13.6. The normalized spacial score (nSPS) is 17.8. The first-order valence-corrected chi connectivity index (χ1v) is 9.24. The number of sulfone groups is 1. The number of hydrogen-bond acceptors (Lipinski definition) is 5. The fourth-order valence-electron chi connectivity index (χ4n) is 2.75. The summed E-state index contributed by atoms with van der Waals surface area (Å²) in [4.78, 5) is 25.8. The van der Waals surface area contributed by atoms with Gasteiger partial charge in [-0.25, -0.2) is 8.42 Å². The summed E-state index contributed by atoms with van der Waals surface area (Å²) >= 11 is 0. The predicted octanol–water partition coefficient (Wildman–Crippen LogP) is 1.80. The lowest BCUT2D eigenvalue weighted by atomic mass is 10.2. The molecular formula is C18H17NO5S. The Hall–Kier alpha value is -2.67. The van der Waals surface area contributed by atoms with E-state index in [1.54, 1.807) is 49.6 Å². The Morgan fingerprint density at radius 2 is 1.68 bits per heavy atom. The number of benzene rings is 2. The van der Waals surface area contributed by atoms with Crippen molar-refractivity contribution in [1.29, 1.82) is 0 Å². The summed E-state index contributed by atoms with van der Waals surface area (Å²) < 4.78 is 30.4. The number of amides is 2. The van der Waals surface area contributed by atoms with Crippen LogP contribution in [0.4, 0.5) is 0 Å². The Bertz CT molecular complexity index is 891. The van der Waals surface area contributed by atoms with Crippen molar-refractivity contribution in [2.75, 3.05) is 7.11 Å². The second-order valence-corrected chi connectivity index (χ2v) is 7.85. The molecule has 0 saturated carbocycles. The molecule has 0 bridgehead atoms. The molecular weight excluding hydrogens is 342 g/mol. The maximum absolute atomic E-state index is 12.7. The minimum atomic E-state index is -3.89. The fourth-order valence-corrected chi connectivity index (χ4v) is 4.37. The molecule has 1 atom stereocenters. The monoisotopic (exact) mass is 359 g/mol. The average molecular weight is 359 g/mol. The zero-order valence-corrected chi connectivity index (χ0v) is 14.4. The van der Waals surface area contributed by atoms with E-state index in [1.165, 1.54) is 12.1 Å². The summed E-state index contributed by atoms with van der Waals surface area (Å²) in [5, 5.41) is -1.36. The zero-order chi connectivity index (χ0) is 18.0. The van der Waals surface area contributed by atoms with Gasteiger partial charge >= 0.3 is 0 Å². The maximum Gasteiger partial charge on any atom is 0.248 e. The van der Waals surface area contributed by atoms with Crippen molar-refractivity contribution in [2.24, 2.45) is 0 Å². The van der Waals surface area contributed by atoms with E-state index in [9.17, 15) is 18.0 Å². The molecule has 0 N–H and O–H groups in total. The lowest BCUT2D eigenvalue weighted by Crippen LogP contribution is -2.34. The van der Waals surface area contributed by atoms with Crippen LogP contribution in [0.1, 0.15) is 12.0 Å². The van der Waals surface area contributed by atoms with E-state index >= 15 is 0 Å². The number of ether oxygens (including phenoxy) is 1. The second-order valence-electron chi connectivity index (χ2n) is 5.72. The van der Waals surface area contributed by atoms with Crippen LogP contribution < -0.4 is 4.74 Å². The maximum atomic E-state index is 12.7. The second kappa shape index (κ2) is 6.68. The van der Waals surface area contributed by atoms with Crippen molar-refractivity contribution >= 4 is 21.7 Å². The van der Waals surface area contributed by atoms with Gasteiger partial charge in [0.2, 0.25) is 11.8 Å². The summed E-state index contributed by atoms with van der Waals surface area (Å²) in [7, 11) is -2.35. The van der Waals surface area contributed by atoms with Crippen LogP contribution in [-0.2, 0) is 26.0 Å². The van der Waals surface area contributed by atoms with Gasteiger partial charge in [0.15, 0.2) is 15.1 Å². The van der Waals surface area contributed by atoms with Crippen molar-refractivity contribution < 1.29 is 22.7 Å². The quantitative estimate of drug-likeness (QED) is 0.761. The van der Waals surface area contributed by atoms with Gasteiger partial charge in [-0.15, -0.1) is 0 Å². The Kier molecular flexibility index (Phi) is 4.59. The predicted molar refractivity (Wildman–Crippen MR) is 90.6 cm³/mol. The first kappa shape index (κ1) is 17.2. The highest BCUT2D eigenvalue weighted by atomic mass is 32.2. The van der Waals surface area contributed by atoms with E-state index in [1.807, 2.05) is 0 Å². The van der Waals surface area contributed by atoms with Crippen LogP contribution in [-0.4, -0.2) is 37.5 Å². The molecule has 1 unspecified atom stereocenters. The van der Waals surface area contributed by atoms with Gasteiger partial charge in [0.1, 0.15) is 5.75 Å². The molecule has 25 heavy (non-hydrogen) atoms. The summed E-state index contributed by atoms with van der Waals surface area (Å²) in [6.07, 6.45) is -0.327. The van der Waals surface area contributed by atoms with Gasteiger partial charge in [0.25, 0.3) is 0 Å². The van der Waals surface area contributed by atoms with Gasteiger partial charge in [-0.1, -0.05) is 30.3 Å². The van der Waals surface area contributed by atoms with E-state index < -0.39 is 26.9 Å². The summed E-state index contributed by atoms with van der Waals surface area (Å²) in [6.45, 7) is 0.0441. The van der Waals surface area contributed by atoms with Gasteiger partial charge in [-0.05, 0) is 29.8 Å². The van der Waals surface area contributed by atoms with Gasteiger partial charge in [-0.2, -0.15) is 0 Å². The number of hydrogen-bond donors (Lipinski definition) is 0. The molecule has 0 spiro atoms. The molecule has 3 rings (SSSR count). The molecule has 7 heteroatoms. The number of methoxy groups -OCH3 is 1. The van der Waals surface area contributed by atoms with Crippen LogP contribution >= 0.6 is 0 Å². The first-order chi connectivity index (χ1) is 11.9. The van der Waals surface area contributed by atoms with Gasteiger partial charge in [0.05, 0.1) is 25.0 Å². The van der Waals surface area contributed by atoms with E-state index in [-0.39, 0.29) is 17.9 Å². The van der Waals surface area contributed by atoms with Crippen molar-refractivity contribution in [3.63, 3.8) is 0 Å². The Morgan fingerprint density at radius 3 is 2.28 bits per heavy atom. The molecule has 1 heterocycles. The van der Waals surface area contributed by atoms with Crippen LogP contribution in [0.3, 0.4) is 0 Å². The lowest BCUT2D eigenvalue weighted by molar-refractivity contribution is -0.138. The summed E-state index contributed by atoms with van der Waals surface area (Å²) in [6, 6.07) is 14.6. The Balaban J connectivity index is 1.82. The molecule has 0 radical (unpaired) electrons. The first-order valence-electron chi connectivity index (χ1n) is 7.69. The van der Waals surface area contributed by atoms with Crippen molar-refractivity contribution in [1.82, 2.24) is 4.90 Å². The largest absolute Gasteiger partial charge is 0.497 e. The van der Waals surface area contributed by atoms with Gasteiger partial charge < -0.3 is 4.74 Å². The van der Waals surface area contributed by atoms with Gasteiger partial charge in [-0.3, -0.25) is 14.5 Å². The Morgan fingerprint density at radius 1 is 1.04 bits per heavy atom. The molecule has 1 aliphatic heterocycles. The SMILES string of the molecule is COc1ccc(CN2C(=O)CC(S(=O)(=O)c3ccccc3)C2=O)cc1. The number of imide groups is 1. The number of nitrogens with zero attached hydrogens (tertiary/aromatic N) is 1. The average Bonchev–Trinajstić information content (AvgIpc) is 2.92. The van der Waals surface area contributed by atoms with E-state index in [4.69, 9.17) is 4.74 Å². The third-order valence-corrected chi connectivity index (χ3v) is 6.20. The van der Waals surface area contributed by atoms with E-state index in [2.05, 4.69) is 0 Å². The highest BCUT2D eigenvalue weighted by molar-refractivity contribution is 7.92. The Labute approximate surface area is 145 Å².